The Hall–Kier alpha value is -0.740. The number of benzene rings is 1. The van der Waals surface area contributed by atoms with Gasteiger partial charge in [-0.2, -0.15) is 0 Å². The SMILES string of the molecule is CCCNC1CCN(c2ccc(OC)c(Br)c2)C(C)C1C. The molecule has 4 heteroatoms. The summed E-state index contributed by atoms with van der Waals surface area (Å²) in [4.78, 5) is 2.51. The topological polar surface area (TPSA) is 24.5 Å². The smallest absolute Gasteiger partial charge is 0.133 e. The van der Waals surface area contributed by atoms with Gasteiger partial charge < -0.3 is 15.0 Å². The third-order valence-corrected chi connectivity index (χ3v) is 5.31. The van der Waals surface area contributed by atoms with Crippen molar-refractivity contribution in [1.29, 1.82) is 0 Å². The first-order valence-corrected chi connectivity index (χ1v) is 8.71. The van der Waals surface area contributed by atoms with E-state index in [0.29, 0.717) is 18.0 Å². The van der Waals surface area contributed by atoms with Crippen molar-refractivity contribution in [3.8, 4) is 5.75 Å². The van der Waals surface area contributed by atoms with Crippen molar-refractivity contribution in [2.45, 2.75) is 45.7 Å². The standard InChI is InChI=1S/C17H27BrN2O/c1-5-9-19-16-8-10-20(13(3)12(16)2)14-6-7-17(21-4)15(18)11-14/h6-7,11-13,16,19H,5,8-10H2,1-4H3. The summed E-state index contributed by atoms with van der Waals surface area (Å²) in [7, 11) is 1.70. The fraction of sp³-hybridized carbons (Fsp3) is 0.647. The van der Waals surface area contributed by atoms with Crippen molar-refractivity contribution < 1.29 is 4.74 Å². The van der Waals surface area contributed by atoms with Crippen LogP contribution < -0.4 is 15.0 Å². The van der Waals surface area contributed by atoms with Crippen LogP contribution >= 0.6 is 15.9 Å². The molecule has 1 aromatic rings. The molecule has 1 saturated heterocycles. The van der Waals surface area contributed by atoms with Gasteiger partial charge in [-0.1, -0.05) is 13.8 Å². The number of hydrogen-bond acceptors (Lipinski definition) is 3. The van der Waals surface area contributed by atoms with Gasteiger partial charge in [0.05, 0.1) is 11.6 Å². The number of nitrogens with zero attached hydrogens (tertiary/aromatic N) is 1. The molecule has 0 aromatic heterocycles. The molecule has 1 N–H and O–H groups in total. The van der Waals surface area contributed by atoms with Crippen LogP contribution in [0.15, 0.2) is 22.7 Å². The summed E-state index contributed by atoms with van der Waals surface area (Å²) in [5, 5.41) is 3.70. The summed E-state index contributed by atoms with van der Waals surface area (Å²) >= 11 is 3.59. The minimum Gasteiger partial charge on any atom is -0.496 e. The van der Waals surface area contributed by atoms with Crippen LogP contribution in [0, 0.1) is 5.92 Å². The molecule has 21 heavy (non-hydrogen) atoms. The van der Waals surface area contributed by atoms with Crippen LogP contribution in [-0.4, -0.2) is 32.3 Å². The number of hydrogen-bond donors (Lipinski definition) is 1. The highest BCUT2D eigenvalue weighted by Gasteiger charge is 2.32. The molecule has 1 fully saturated rings. The van der Waals surface area contributed by atoms with Gasteiger partial charge in [-0.3, -0.25) is 0 Å². The maximum atomic E-state index is 5.32. The van der Waals surface area contributed by atoms with E-state index in [0.717, 1.165) is 23.3 Å². The Kier molecular flexibility index (Phi) is 5.94. The number of piperidine rings is 1. The Morgan fingerprint density at radius 3 is 2.76 bits per heavy atom. The lowest BCUT2D eigenvalue weighted by molar-refractivity contribution is 0.271. The van der Waals surface area contributed by atoms with Gasteiger partial charge in [0.25, 0.3) is 0 Å². The van der Waals surface area contributed by atoms with Crippen LogP contribution in [0.3, 0.4) is 0 Å². The third kappa shape index (κ3) is 3.72. The first-order valence-electron chi connectivity index (χ1n) is 7.92. The van der Waals surface area contributed by atoms with Crippen LogP contribution in [0.4, 0.5) is 5.69 Å². The second-order valence-electron chi connectivity index (χ2n) is 5.96. The van der Waals surface area contributed by atoms with Gasteiger partial charge in [-0.05, 0) is 66.4 Å². The van der Waals surface area contributed by atoms with Gasteiger partial charge in [0, 0.05) is 24.3 Å². The molecular formula is C17H27BrN2O. The normalized spacial score (nSPS) is 26.0. The molecule has 0 bridgehead atoms. The highest BCUT2D eigenvalue weighted by molar-refractivity contribution is 9.10. The molecule has 1 aliphatic rings. The second kappa shape index (κ2) is 7.50. The molecule has 1 aliphatic heterocycles. The zero-order chi connectivity index (χ0) is 15.4. The number of nitrogens with one attached hydrogen (secondary N) is 1. The lowest BCUT2D eigenvalue weighted by Crippen LogP contribution is -2.53. The van der Waals surface area contributed by atoms with Crippen molar-refractivity contribution in [3.63, 3.8) is 0 Å². The highest BCUT2D eigenvalue weighted by Crippen LogP contribution is 2.34. The Labute approximate surface area is 137 Å². The van der Waals surface area contributed by atoms with E-state index in [-0.39, 0.29) is 0 Å². The highest BCUT2D eigenvalue weighted by atomic mass is 79.9. The minimum atomic E-state index is 0.536. The van der Waals surface area contributed by atoms with E-state index in [9.17, 15) is 0 Å². The fourth-order valence-corrected chi connectivity index (χ4v) is 3.71. The van der Waals surface area contributed by atoms with E-state index in [1.54, 1.807) is 7.11 Å². The number of methoxy groups -OCH3 is 1. The molecule has 2 rings (SSSR count). The summed E-state index contributed by atoms with van der Waals surface area (Å²) in [6.07, 6.45) is 2.40. The summed E-state index contributed by atoms with van der Waals surface area (Å²) < 4.78 is 6.34. The van der Waals surface area contributed by atoms with Crippen molar-refractivity contribution in [3.05, 3.63) is 22.7 Å². The first-order chi connectivity index (χ1) is 10.1. The van der Waals surface area contributed by atoms with Gasteiger partial charge in [-0.15, -0.1) is 0 Å². The molecule has 118 valence electrons. The predicted molar refractivity (Wildman–Crippen MR) is 93.4 cm³/mol. The number of halogens is 1. The molecule has 0 saturated carbocycles. The molecule has 0 radical (unpaired) electrons. The van der Waals surface area contributed by atoms with E-state index < -0.39 is 0 Å². The zero-order valence-corrected chi connectivity index (χ0v) is 15.1. The van der Waals surface area contributed by atoms with E-state index in [1.807, 2.05) is 6.07 Å². The molecule has 3 nitrogen and oxygen atoms in total. The quantitative estimate of drug-likeness (QED) is 0.862. The van der Waals surface area contributed by atoms with Gasteiger partial charge in [0.2, 0.25) is 0 Å². The van der Waals surface area contributed by atoms with Crippen LogP contribution in [-0.2, 0) is 0 Å². The average Bonchev–Trinajstić information content (AvgIpc) is 2.49. The van der Waals surface area contributed by atoms with Gasteiger partial charge in [0.15, 0.2) is 0 Å². The zero-order valence-electron chi connectivity index (χ0n) is 13.5. The number of rotatable bonds is 5. The minimum absolute atomic E-state index is 0.536. The lowest BCUT2D eigenvalue weighted by atomic mass is 9.86. The molecule has 0 amide bonds. The van der Waals surface area contributed by atoms with Crippen molar-refractivity contribution in [2.24, 2.45) is 5.92 Å². The number of ether oxygens (including phenoxy) is 1. The second-order valence-corrected chi connectivity index (χ2v) is 6.82. The number of anilines is 1. The molecule has 1 aromatic carbocycles. The largest absolute Gasteiger partial charge is 0.496 e. The monoisotopic (exact) mass is 354 g/mol. The Balaban J connectivity index is 2.10. The van der Waals surface area contributed by atoms with E-state index in [1.165, 1.54) is 18.5 Å². The van der Waals surface area contributed by atoms with Gasteiger partial charge in [-0.25, -0.2) is 0 Å². The first kappa shape index (κ1) is 16.6. The van der Waals surface area contributed by atoms with Crippen molar-refractivity contribution in [2.75, 3.05) is 25.1 Å². The molecule has 1 heterocycles. The van der Waals surface area contributed by atoms with E-state index >= 15 is 0 Å². The molecule has 3 atom stereocenters. The molecule has 0 aliphatic carbocycles. The predicted octanol–water partition coefficient (Wildman–Crippen LogP) is 4.06. The van der Waals surface area contributed by atoms with Crippen LogP contribution in [0.1, 0.15) is 33.6 Å². The average molecular weight is 355 g/mol. The third-order valence-electron chi connectivity index (χ3n) is 4.69. The van der Waals surface area contributed by atoms with Crippen molar-refractivity contribution >= 4 is 21.6 Å². The Morgan fingerprint density at radius 1 is 1.38 bits per heavy atom. The van der Waals surface area contributed by atoms with E-state index in [4.69, 9.17) is 4.74 Å². The maximum Gasteiger partial charge on any atom is 0.133 e. The summed E-state index contributed by atoms with van der Waals surface area (Å²) in [6, 6.07) is 7.54. The van der Waals surface area contributed by atoms with Crippen molar-refractivity contribution in [1.82, 2.24) is 5.32 Å². The van der Waals surface area contributed by atoms with E-state index in [2.05, 4.69) is 59.1 Å². The summed E-state index contributed by atoms with van der Waals surface area (Å²) in [5.41, 5.74) is 1.27. The van der Waals surface area contributed by atoms with Gasteiger partial charge >= 0.3 is 0 Å². The molecular weight excluding hydrogens is 328 g/mol. The van der Waals surface area contributed by atoms with Crippen LogP contribution in [0.5, 0.6) is 5.75 Å². The molecule has 0 spiro atoms. The molecule has 3 unspecified atom stereocenters. The maximum absolute atomic E-state index is 5.32. The Bertz CT molecular complexity index is 466. The summed E-state index contributed by atoms with van der Waals surface area (Å²) in [5.74, 6) is 1.53. The fourth-order valence-electron chi connectivity index (χ4n) is 3.18. The Morgan fingerprint density at radius 2 is 2.14 bits per heavy atom. The summed E-state index contributed by atoms with van der Waals surface area (Å²) in [6.45, 7) is 9.15. The van der Waals surface area contributed by atoms with Crippen LogP contribution in [0.2, 0.25) is 0 Å². The van der Waals surface area contributed by atoms with Gasteiger partial charge in [0.1, 0.15) is 5.75 Å². The lowest BCUT2D eigenvalue weighted by Gasteiger charge is -2.44. The van der Waals surface area contributed by atoms with Crippen LogP contribution in [0.25, 0.3) is 0 Å².